The lowest BCUT2D eigenvalue weighted by atomic mass is 10.0. The molecule has 0 saturated carbocycles. The Labute approximate surface area is 170 Å². The molecule has 0 radical (unpaired) electrons. The number of ether oxygens (including phenoxy) is 1. The highest BCUT2D eigenvalue weighted by Crippen LogP contribution is 2.26. The highest BCUT2D eigenvalue weighted by molar-refractivity contribution is 5.94. The Balaban J connectivity index is 1.62. The third-order valence-electron chi connectivity index (χ3n) is 5.20. The number of carbonyl (C=O) groups excluding carboxylic acids is 1. The fourth-order valence-electron chi connectivity index (χ4n) is 3.52. The van der Waals surface area contributed by atoms with Crippen molar-refractivity contribution in [1.82, 2.24) is 14.7 Å². The predicted molar refractivity (Wildman–Crippen MR) is 109 cm³/mol. The molecule has 7 heteroatoms. The van der Waals surface area contributed by atoms with Crippen molar-refractivity contribution >= 4 is 11.9 Å². The summed E-state index contributed by atoms with van der Waals surface area (Å²) in [5, 5.41) is 13.5. The molecule has 2 heterocycles. The average Bonchev–Trinajstić information content (AvgIpc) is 3.09. The number of benzene rings is 1. The lowest BCUT2D eigenvalue weighted by Gasteiger charge is -2.32. The molecule has 0 bridgehead atoms. The van der Waals surface area contributed by atoms with Crippen molar-refractivity contribution < 1.29 is 19.4 Å². The lowest BCUT2D eigenvalue weighted by Crippen LogP contribution is -2.39. The van der Waals surface area contributed by atoms with Crippen molar-refractivity contribution in [3.63, 3.8) is 0 Å². The van der Waals surface area contributed by atoms with Gasteiger partial charge in [0.1, 0.15) is 17.9 Å². The SMILES string of the molecule is CC(C)=CCOc1cccc(C(=O)N2CCC(n3ncc(C(=O)O)c3C)CC2)c1. The van der Waals surface area contributed by atoms with Gasteiger partial charge in [-0.3, -0.25) is 9.48 Å². The second-order valence-corrected chi connectivity index (χ2v) is 7.54. The molecule has 29 heavy (non-hydrogen) atoms. The molecular weight excluding hydrogens is 370 g/mol. The number of piperidine rings is 1. The van der Waals surface area contributed by atoms with E-state index in [1.807, 2.05) is 37.0 Å². The monoisotopic (exact) mass is 397 g/mol. The van der Waals surface area contributed by atoms with Crippen molar-refractivity contribution in [2.24, 2.45) is 0 Å². The van der Waals surface area contributed by atoms with Crippen LogP contribution in [-0.2, 0) is 0 Å². The maximum absolute atomic E-state index is 12.9. The van der Waals surface area contributed by atoms with Crippen molar-refractivity contribution in [2.75, 3.05) is 19.7 Å². The summed E-state index contributed by atoms with van der Waals surface area (Å²) >= 11 is 0. The third-order valence-corrected chi connectivity index (χ3v) is 5.20. The fourth-order valence-corrected chi connectivity index (χ4v) is 3.52. The van der Waals surface area contributed by atoms with Crippen LogP contribution in [0.15, 0.2) is 42.1 Å². The molecule has 2 aromatic rings. The van der Waals surface area contributed by atoms with E-state index in [0.29, 0.717) is 36.7 Å². The molecule has 0 aliphatic carbocycles. The average molecular weight is 397 g/mol. The Bertz CT molecular complexity index is 920. The molecule has 154 valence electrons. The molecule has 1 N–H and O–H groups in total. The molecule has 0 spiro atoms. The number of likely N-dealkylation sites (tertiary alicyclic amines) is 1. The first-order valence-corrected chi connectivity index (χ1v) is 9.79. The van der Waals surface area contributed by atoms with Crippen LogP contribution in [0.3, 0.4) is 0 Å². The van der Waals surface area contributed by atoms with Crippen LogP contribution in [0.1, 0.15) is 59.1 Å². The first-order valence-electron chi connectivity index (χ1n) is 9.79. The summed E-state index contributed by atoms with van der Waals surface area (Å²) in [5.74, 6) is -0.302. The second kappa shape index (κ2) is 8.94. The van der Waals surface area contributed by atoms with Gasteiger partial charge in [0, 0.05) is 18.7 Å². The highest BCUT2D eigenvalue weighted by Gasteiger charge is 2.27. The van der Waals surface area contributed by atoms with Gasteiger partial charge in [-0.15, -0.1) is 0 Å². The van der Waals surface area contributed by atoms with E-state index < -0.39 is 5.97 Å². The van der Waals surface area contributed by atoms with Crippen molar-refractivity contribution in [3.05, 3.63) is 58.9 Å². The van der Waals surface area contributed by atoms with Gasteiger partial charge in [-0.25, -0.2) is 4.79 Å². The van der Waals surface area contributed by atoms with Gasteiger partial charge in [0.2, 0.25) is 0 Å². The molecule has 3 rings (SSSR count). The van der Waals surface area contributed by atoms with Gasteiger partial charge < -0.3 is 14.7 Å². The van der Waals surface area contributed by atoms with Crippen molar-refractivity contribution in [3.8, 4) is 5.75 Å². The number of carboxylic acid groups (broad SMARTS) is 1. The molecule has 1 aliphatic rings. The normalized spacial score (nSPS) is 14.5. The van der Waals surface area contributed by atoms with Gasteiger partial charge in [-0.2, -0.15) is 5.10 Å². The van der Waals surface area contributed by atoms with Gasteiger partial charge in [-0.1, -0.05) is 11.6 Å². The first-order chi connectivity index (χ1) is 13.9. The van der Waals surface area contributed by atoms with Crippen LogP contribution in [0, 0.1) is 6.92 Å². The Morgan fingerprint density at radius 1 is 1.28 bits per heavy atom. The Hall–Kier alpha value is -3.09. The van der Waals surface area contributed by atoms with Gasteiger partial charge in [0.25, 0.3) is 5.91 Å². The van der Waals surface area contributed by atoms with E-state index in [2.05, 4.69) is 5.10 Å². The van der Waals surface area contributed by atoms with E-state index in [-0.39, 0.29) is 17.5 Å². The van der Waals surface area contributed by atoms with Crippen LogP contribution in [0.4, 0.5) is 0 Å². The van der Waals surface area contributed by atoms with Gasteiger partial charge >= 0.3 is 5.97 Å². The number of rotatable bonds is 6. The van der Waals surface area contributed by atoms with Gasteiger partial charge in [-0.05, 0) is 57.9 Å². The zero-order valence-corrected chi connectivity index (χ0v) is 17.1. The minimum absolute atomic E-state index is 0.0143. The second-order valence-electron chi connectivity index (χ2n) is 7.54. The molecule has 1 aromatic heterocycles. The number of carboxylic acids is 1. The van der Waals surface area contributed by atoms with Crippen LogP contribution in [-0.4, -0.2) is 51.4 Å². The number of aromatic carboxylic acids is 1. The van der Waals surface area contributed by atoms with Crippen molar-refractivity contribution in [1.29, 1.82) is 0 Å². The molecular formula is C22H27N3O4. The zero-order chi connectivity index (χ0) is 21.0. The molecule has 7 nitrogen and oxygen atoms in total. The van der Waals surface area contributed by atoms with E-state index in [1.165, 1.54) is 11.8 Å². The largest absolute Gasteiger partial charge is 0.490 e. The molecule has 0 atom stereocenters. The zero-order valence-electron chi connectivity index (χ0n) is 17.1. The van der Waals surface area contributed by atoms with E-state index in [1.54, 1.807) is 23.7 Å². The number of hydrogen-bond donors (Lipinski definition) is 1. The Morgan fingerprint density at radius 2 is 2.00 bits per heavy atom. The first kappa shape index (κ1) is 20.6. The summed E-state index contributed by atoms with van der Waals surface area (Å²) < 4.78 is 7.48. The van der Waals surface area contributed by atoms with Crippen LogP contribution >= 0.6 is 0 Å². The summed E-state index contributed by atoms with van der Waals surface area (Å²) in [6.07, 6.45) is 4.87. The molecule has 1 aromatic carbocycles. The minimum Gasteiger partial charge on any atom is -0.490 e. The Morgan fingerprint density at radius 3 is 2.62 bits per heavy atom. The lowest BCUT2D eigenvalue weighted by molar-refractivity contribution is 0.0687. The van der Waals surface area contributed by atoms with Crippen LogP contribution in [0.2, 0.25) is 0 Å². The van der Waals surface area contributed by atoms with Gasteiger partial charge in [0.05, 0.1) is 17.9 Å². The molecule has 1 saturated heterocycles. The maximum atomic E-state index is 12.9. The topological polar surface area (TPSA) is 84.7 Å². The highest BCUT2D eigenvalue weighted by atomic mass is 16.5. The minimum atomic E-state index is -0.965. The Kier molecular flexibility index (Phi) is 6.36. The van der Waals surface area contributed by atoms with Gasteiger partial charge in [0.15, 0.2) is 0 Å². The van der Waals surface area contributed by atoms with Crippen LogP contribution < -0.4 is 4.74 Å². The smallest absolute Gasteiger partial charge is 0.339 e. The summed E-state index contributed by atoms with van der Waals surface area (Å²) in [4.78, 5) is 26.0. The molecule has 1 fully saturated rings. The number of aromatic nitrogens is 2. The summed E-state index contributed by atoms with van der Waals surface area (Å²) in [5.41, 5.74) is 2.68. The van der Waals surface area contributed by atoms with Crippen LogP contribution in [0.25, 0.3) is 0 Å². The third kappa shape index (κ3) is 4.85. The summed E-state index contributed by atoms with van der Waals surface area (Å²) in [6, 6.07) is 7.37. The summed E-state index contributed by atoms with van der Waals surface area (Å²) in [6.45, 7) is 7.49. The summed E-state index contributed by atoms with van der Waals surface area (Å²) in [7, 11) is 0. The van der Waals surface area contributed by atoms with Crippen LogP contribution in [0.5, 0.6) is 5.75 Å². The number of nitrogens with zero attached hydrogens (tertiary/aromatic N) is 3. The van der Waals surface area contributed by atoms with E-state index in [9.17, 15) is 14.7 Å². The molecule has 1 aliphatic heterocycles. The number of carbonyl (C=O) groups is 2. The fraction of sp³-hybridized carbons (Fsp3) is 0.409. The molecule has 0 unspecified atom stereocenters. The van der Waals surface area contributed by atoms with Crippen molar-refractivity contribution in [2.45, 2.75) is 39.7 Å². The number of allylic oxidation sites excluding steroid dienone is 1. The maximum Gasteiger partial charge on any atom is 0.339 e. The predicted octanol–water partition coefficient (Wildman–Crippen LogP) is 3.71. The van der Waals surface area contributed by atoms with E-state index in [0.717, 1.165) is 12.8 Å². The standard InChI is InChI=1S/C22H27N3O4/c1-15(2)9-12-29-19-6-4-5-17(13-19)21(26)24-10-7-18(8-11-24)25-16(3)20(14-23-25)22(27)28/h4-6,9,13-14,18H,7-8,10-12H2,1-3H3,(H,27,28). The van der Waals surface area contributed by atoms with E-state index in [4.69, 9.17) is 4.74 Å². The number of amides is 1. The number of hydrogen-bond acceptors (Lipinski definition) is 4. The molecule has 1 amide bonds. The quantitative estimate of drug-likeness (QED) is 0.751. The van der Waals surface area contributed by atoms with E-state index >= 15 is 0 Å².